The molecule has 19 heavy (non-hydrogen) atoms. The minimum Gasteiger partial charge on any atom is -0.343 e. The van der Waals surface area contributed by atoms with Gasteiger partial charge in [0.15, 0.2) is 0 Å². The van der Waals surface area contributed by atoms with Gasteiger partial charge in [-0.25, -0.2) is 0 Å². The van der Waals surface area contributed by atoms with Crippen LogP contribution in [0.15, 0.2) is 17.5 Å². The molecule has 0 saturated heterocycles. The Morgan fingerprint density at radius 2 is 2.21 bits per heavy atom. The summed E-state index contributed by atoms with van der Waals surface area (Å²) < 4.78 is 0. The molecule has 1 atom stereocenters. The summed E-state index contributed by atoms with van der Waals surface area (Å²) in [5, 5.41) is 5.71. The van der Waals surface area contributed by atoms with E-state index in [1.165, 1.54) is 17.7 Å². The molecule has 1 N–H and O–H groups in total. The van der Waals surface area contributed by atoms with Gasteiger partial charge in [-0.2, -0.15) is 0 Å². The molecule has 0 radical (unpaired) electrons. The van der Waals surface area contributed by atoms with Gasteiger partial charge in [-0.1, -0.05) is 6.07 Å². The van der Waals surface area contributed by atoms with E-state index in [1.54, 1.807) is 0 Å². The van der Waals surface area contributed by atoms with Crippen LogP contribution in [0, 0.1) is 5.92 Å². The lowest BCUT2D eigenvalue weighted by Crippen LogP contribution is -2.33. The zero-order valence-electron chi connectivity index (χ0n) is 11.9. The second-order valence-corrected chi connectivity index (χ2v) is 6.08. The highest BCUT2D eigenvalue weighted by Crippen LogP contribution is 2.42. The Morgan fingerprint density at radius 3 is 2.74 bits per heavy atom. The minimum absolute atomic E-state index is 0.262. The number of hydrogen-bond acceptors (Lipinski definition) is 3. The fourth-order valence-corrected chi connectivity index (χ4v) is 3.36. The fraction of sp³-hybridized carbons (Fsp3) is 0.667. The Balaban J connectivity index is 1.79. The molecule has 0 spiro atoms. The summed E-state index contributed by atoms with van der Waals surface area (Å²) in [5.74, 6) is 1.04. The molecule has 1 aromatic rings. The first kappa shape index (κ1) is 14.5. The summed E-state index contributed by atoms with van der Waals surface area (Å²) in [6.45, 7) is 6.48. The molecule has 106 valence electrons. The van der Waals surface area contributed by atoms with Crippen LogP contribution in [0.25, 0.3) is 0 Å². The van der Waals surface area contributed by atoms with Crippen LogP contribution in [0.5, 0.6) is 0 Å². The van der Waals surface area contributed by atoms with E-state index >= 15 is 0 Å². The van der Waals surface area contributed by atoms with E-state index in [-0.39, 0.29) is 5.91 Å². The van der Waals surface area contributed by atoms with Crippen molar-refractivity contribution in [3.63, 3.8) is 0 Å². The van der Waals surface area contributed by atoms with Gasteiger partial charge < -0.3 is 10.2 Å². The lowest BCUT2D eigenvalue weighted by atomic mass is 10.1. The normalized spacial score (nSPS) is 16.3. The zero-order valence-corrected chi connectivity index (χ0v) is 12.7. The molecule has 1 aromatic heterocycles. The van der Waals surface area contributed by atoms with Gasteiger partial charge in [0, 0.05) is 37.0 Å². The lowest BCUT2D eigenvalue weighted by Gasteiger charge is -2.20. The Kier molecular flexibility index (Phi) is 5.40. The van der Waals surface area contributed by atoms with Crippen LogP contribution in [-0.4, -0.2) is 30.4 Å². The van der Waals surface area contributed by atoms with Crippen LogP contribution in [0.1, 0.15) is 44.0 Å². The van der Waals surface area contributed by atoms with E-state index in [2.05, 4.69) is 22.8 Å². The van der Waals surface area contributed by atoms with Crippen molar-refractivity contribution in [2.75, 3.05) is 19.6 Å². The molecule has 1 amide bonds. The molecule has 0 aromatic carbocycles. The lowest BCUT2D eigenvalue weighted by molar-refractivity contribution is -0.130. The standard InChI is InChI=1S/C15H24N2OS/c1-3-17(4-2)14(18)9-10-16-15(12-7-8-12)13-6-5-11-19-13/h5-6,11-12,15-16H,3-4,7-10H2,1-2H3. The molecule has 1 heterocycles. The Morgan fingerprint density at radius 1 is 1.47 bits per heavy atom. The third-order valence-electron chi connectivity index (χ3n) is 3.76. The maximum absolute atomic E-state index is 11.9. The fourth-order valence-electron chi connectivity index (χ4n) is 2.47. The van der Waals surface area contributed by atoms with Crippen molar-refractivity contribution in [1.82, 2.24) is 10.2 Å². The first-order valence-corrected chi connectivity index (χ1v) is 8.18. The molecule has 4 heteroatoms. The largest absolute Gasteiger partial charge is 0.343 e. The van der Waals surface area contributed by atoms with E-state index in [0.29, 0.717) is 12.5 Å². The second kappa shape index (κ2) is 7.06. The first-order chi connectivity index (χ1) is 9.26. The molecule has 3 nitrogen and oxygen atoms in total. The van der Waals surface area contributed by atoms with Crippen molar-refractivity contribution in [2.24, 2.45) is 5.92 Å². The third-order valence-corrected chi connectivity index (χ3v) is 4.72. The molecule has 1 fully saturated rings. The predicted molar refractivity (Wildman–Crippen MR) is 80.3 cm³/mol. The van der Waals surface area contributed by atoms with E-state index < -0.39 is 0 Å². The summed E-state index contributed by atoms with van der Waals surface area (Å²) in [6.07, 6.45) is 3.25. The van der Waals surface area contributed by atoms with Gasteiger partial charge in [-0.15, -0.1) is 11.3 Å². The quantitative estimate of drug-likeness (QED) is 0.794. The molecule has 2 rings (SSSR count). The van der Waals surface area contributed by atoms with Crippen molar-refractivity contribution in [3.05, 3.63) is 22.4 Å². The van der Waals surface area contributed by atoms with E-state index in [1.807, 2.05) is 30.1 Å². The van der Waals surface area contributed by atoms with E-state index in [9.17, 15) is 4.79 Å². The summed E-state index contributed by atoms with van der Waals surface area (Å²) in [4.78, 5) is 15.3. The number of carbonyl (C=O) groups is 1. The Labute approximate surface area is 120 Å². The van der Waals surface area contributed by atoms with Crippen LogP contribution in [0.2, 0.25) is 0 Å². The number of carbonyl (C=O) groups excluding carboxylic acids is 1. The number of nitrogens with one attached hydrogen (secondary N) is 1. The van der Waals surface area contributed by atoms with Crippen molar-refractivity contribution in [2.45, 2.75) is 39.2 Å². The Bertz CT molecular complexity index is 383. The van der Waals surface area contributed by atoms with Gasteiger partial charge in [-0.3, -0.25) is 4.79 Å². The zero-order chi connectivity index (χ0) is 13.7. The van der Waals surface area contributed by atoms with Crippen molar-refractivity contribution in [3.8, 4) is 0 Å². The SMILES string of the molecule is CCN(CC)C(=O)CCNC(c1cccs1)C1CC1. The topological polar surface area (TPSA) is 32.3 Å². The van der Waals surface area contributed by atoms with Gasteiger partial charge in [0.05, 0.1) is 0 Å². The van der Waals surface area contributed by atoms with Gasteiger partial charge in [0.1, 0.15) is 0 Å². The molecule has 1 aliphatic rings. The average molecular weight is 280 g/mol. The molecular formula is C15H24N2OS. The summed E-state index contributed by atoms with van der Waals surface area (Å²) in [7, 11) is 0. The maximum Gasteiger partial charge on any atom is 0.223 e. The van der Waals surface area contributed by atoms with Crippen LogP contribution >= 0.6 is 11.3 Å². The van der Waals surface area contributed by atoms with Crippen LogP contribution in [-0.2, 0) is 4.79 Å². The van der Waals surface area contributed by atoms with Crippen molar-refractivity contribution in [1.29, 1.82) is 0 Å². The van der Waals surface area contributed by atoms with Crippen molar-refractivity contribution >= 4 is 17.2 Å². The molecule has 0 bridgehead atoms. The number of thiophene rings is 1. The average Bonchev–Trinajstić information content (AvgIpc) is 3.10. The molecule has 1 unspecified atom stereocenters. The third kappa shape index (κ3) is 4.05. The number of rotatable bonds is 8. The molecule has 1 aliphatic carbocycles. The van der Waals surface area contributed by atoms with E-state index in [4.69, 9.17) is 0 Å². The summed E-state index contributed by atoms with van der Waals surface area (Å²) >= 11 is 1.82. The summed E-state index contributed by atoms with van der Waals surface area (Å²) in [6, 6.07) is 4.77. The van der Waals surface area contributed by atoms with Crippen LogP contribution in [0.3, 0.4) is 0 Å². The van der Waals surface area contributed by atoms with Crippen LogP contribution < -0.4 is 5.32 Å². The number of hydrogen-bond donors (Lipinski definition) is 1. The Hall–Kier alpha value is -0.870. The van der Waals surface area contributed by atoms with Crippen molar-refractivity contribution < 1.29 is 4.79 Å². The van der Waals surface area contributed by atoms with Gasteiger partial charge in [0.25, 0.3) is 0 Å². The number of amides is 1. The smallest absolute Gasteiger partial charge is 0.223 e. The van der Waals surface area contributed by atoms with Crippen LogP contribution in [0.4, 0.5) is 0 Å². The maximum atomic E-state index is 11.9. The molecular weight excluding hydrogens is 256 g/mol. The van der Waals surface area contributed by atoms with Gasteiger partial charge >= 0.3 is 0 Å². The summed E-state index contributed by atoms with van der Waals surface area (Å²) in [5.41, 5.74) is 0. The van der Waals surface area contributed by atoms with Gasteiger partial charge in [0.2, 0.25) is 5.91 Å². The highest BCUT2D eigenvalue weighted by atomic mass is 32.1. The van der Waals surface area contributed by atoms with Gasteiger partial charge in [-0.05, 0) is 44.1 Å². The molecule has 1 saturated carbocycles. The minimum atomic E-state index is 0.262. The highest BCUT2D eigenvalue weighted by molar-refractivity contribution is 7.10. The predicted octanol–water partition coefficient (Wildman–Crippen LogP) is 3.05. The monoisotopic (exact) mass is 280 g/mol. The first-order valence-electron chi connectivity index (χ1n) is 7.30. The second-order valence-electron chi connectivity index (χ2n) is 5.10. The van der Waals surface area contributed by atoms with E-state index in [0.717, 1.165) is 25.6 Å². The molecule has 0 aliphatic heterocycles. The number of nitrogens with zero attached hydrogens (tertiary/aromatic N) is 1. The highest BCUT2D eigenvalue weighted by Gasteiger charge is 2.32.